The van der Waals surface area contributed by atoms with Crippen LogP contribution in [0.1, 0.15) is 11.5 Å². The van der Waals surface area contributed by atoms with E-state index in [2.05, 4.69) is 4.98 Å². The highest BCUT2D eigenvalue weighted by Crippen LogP contribution is 2.33. The predicted molar refractivity (Wildman–Crippen MR) is 51.1 cm³/mol. The van der Waals surface area contributed by atoms with Crippen LogP contribution in [0.3, 0.4) is 0 Å². The number of carbonyl (C=O) groups is 1. The number of ether oxygens (including phenoxy) is 1. The summed E-state index contributed by atoms with van der Waals surface area (Å²) < 4.78 is 18.5. The minimum atomic E-state index is -0.509. The Hall–Kier alpha value is -1.65. The molecule has 15 heavy (non-hydrogen) atoms. The van der Waals surface area contributed by atoms with Crippen molar-refractivity contribution in [3.8, 4) is 5.75 Å². The van der Waals surface area contributed by atoms with Gasteiger partial charge in [-0.05, 0) is 6.07 Å². The number of hydrogen-bond donors (Lipinski definition) is 0. The lowest BCUT2D eigenvalue weighted by Gasteiger charge is -2.36. The molecule has 1 fully saturated rings. The van der Waals surface area contributed by atoms with E-state index in [1.165, 1.54) is 13.3 Å². The molecule has 1 aliphatic rings. The molecule has 0 radical (unpaired) electrons. The maximum atomic E-state index is 13.4. The minimum absolute atomic E-state index is 0.00106. The van der Waals surface area contributed by atoms with Crippen LogP contribution in [0, 0.1) is 5.95 Å². The summed E-state index contributed by atoms with van der Waals surface area (Å²) in [6.45, 7) is 1.06. The molecule has 0 spiro atoms. The van der Waals surface area contributed by atoms with Crippen LogP contribution in [0.25, 0.3) is 0 Å². The molecule has 80 valence electrons. The van der Waals surface area contributed by atoms with Crippen molar-refractivity contribution in [2.45, 2.75) is 5.92 Å². The topological polar surface area (TPSA) is 42.4 Å². The molecule has 5 heteroatoms. The van der Waals surface area contributed by atoms with E-state index in [9.17, 15) is 9.18 Å². The van der Waals surface area contributed by atoms with Crippen LogP contribution in [0.15, 0.2) is 12.3 Å². The Morgan fingerprint density at radius 3 is 3.00 bits per heavy atom. The van der Waals surface area contributed by atoms with Crippen molar-refractivity contribution < 1.29 is 13.9 Å². The highest BCUT2D eigenvalue weighted by molar-refractivity contribution is 5.51. The van der Waals surface area contributed by atoms with Gasteiger partial charge in [0.15, 0.2) is 0 Å². The number of halogens is 1. The number of methoxy groups -OCH3 is 1. The molecule has 1 aliphatic heterocycles. The van der Waals surface area contributed by atoms with Crippen molar-refractivity contribution in [3.63, 3.8) is 0 Å². The van der Waals surface area contributed by atoms with E-state index in [4.69, 9.17) is 4.74 Å². The van der Waals surface area contributed by atoms with Crippen LogP contribution in [0.5, 0.6) is 5.75 Å². The van der Waals surface area contributed by atoms with Gasteiger partial charge in [0.25, 0.3) is 0 Å². The van der Waals surface area contributed by atoms with Gasteiger partial charge in [-0.3, -0.25) is 4.79 Å². The Morgan fingerprint density at radius 2 is 2.40 bits per heavy atom. The highest BCUT2D eigenvalue weighted by atomic mass is 19.1. The summed E-state index contributed by atoms with van der Waals surface area (Å²) in [6, 6.07) is 1.63. The summed E-state index contributed by atoms with van der Waals surface area (Å²) in [5.74, 6) is -0.0122. The molecule has 1 aromatic rings. The summed E-state index contributed by atoms with van der Waals surface area (Å²) in [6.07, 6.45) is 2.13. The van der Waals surface area contributed by atoms with Gasteiger partial charge in [-0.25, -0.2) is 4.98 Å². The van der Waals surface area contributed by atoms with Gasteiger partial charge in [-0.1, -0.05) is 0 Å². The van der Waals surface area contributed by atoms with E-state index < -0.39 is 5.95 Å². The molecule has 0 unspecified atom stereocenters. The number of likely N-dealkylation sites (tertiary alicyclic amines) is 1. The second-order valence-corrected chi connectivity index (χ2v) is 3.47. The number of aromatic nitrogens is 1. The van der Waals surface area contributed by atoms with Crippen molar-refractivity contribution >= 4 is 6.41 Å². The molecule has 1 aromatic heterocycles. The lowest BCUT2D eigenvalue weighted by atomic mass is 9.92. The normalized spacial score (nSPS) is 16.0. The second-order valence-electron chi connectivity index (χ2n) is 3.47. The van der Waals surface area contributed by atoms with Gasteiger partial charge in [0.05, 0.1) is 12.7 Å². The molecule has 0 aliphatic carbocycles. The van der Waals surface area contributed by atoms with Crippen molar-refractivity contribution in [1.29, 1.82) is 0 Å². The first kappa shape index (κ1) is 9.89. The van der Waals surface area contributed by atoms with Crippen molar-refractivity contribution in [2.24, 2.45) is 0 Å². The molecule has 0 saturated carbocycles. The quantitative estimate of drug-likeness (QED) is 0.547. The summed E-state index contributed by atoms with van der Waals surface area (Å²) in [5.41, 5.74) is 0.470. The molecule has 2 rings (SSSR count). The predicted octanol–water partition coefficient (Wildman–Crippen LogP) is 0.785. The number of pyridine rings is 1. The number of nitrogens with zero attached hydrogens (tertiary/aromatic N) is 2. The van der Waals surface area contributed by atoms with E-state index in [-0.39, 0.29) is 5.92 Å². The molecule has 1 amide bonds. The largest absolute Gasteiger partial charge is 0.496 e. The van der Waals surface area contributed by atoms with Gasteiger partial charge in [-0.2, -0.15) is 4.39 Å². The van der Waals surface area contributed by atoms with Crippen LogP contribution in [-0.4, -0.2) is 36.5 Å². The summed E-state index contributed by atoms with van der Waals surface area (Å²) in [5, 5.41) is 0. The number of rotatable bonds is 3. The average molecular weight is 210 g/mol. The Kier molecular flexibility index (Phi) is 2.53. The van der Waals surface area contributed by atoms with Gasteiger partial charge in [-0.15, -0.1) is 0 Å². The van der Waals surface area contributed by atoms with Crippen molar-refractivity contribution in [1.82, 2.24) is 9.88 Å². The van der Waals surface area contributed by atoms with Crippen LogP contribution in [0.2, 0.25) is 0 Å². The van der Waals surface area contributed by atoms with Gasteiger partial charge in [0, 0.05) is 25.2 Å². The zero-order chi connectivity index (χ0) is 10.8. The first-order chi connectivity index (χ1) is 7.26. The number of carbonyl (C=O) groups excluding carboxylic acids is 1. The van der Waals surface area contributed by atoms with Crippen LogP contribution in [0.4, 0.5) is 4.39 Å². The fourth-order valence-corrected chi connectivity index (χ4v) is 1.76. The number of hydrogen-bond acceptors (Lipinski definition) is 3. The standard InChI is InChI=1S/C10H11FN2O2/c1-15-8-2-3-12-10(11)9(8)7-4-13(5-7)6-14/h2-3,6-7H,4-5H2,1H3. The summed E-state index contributed by atoms with van der Waals surface area (Å²) in [7, 11) is 1.49. The number of amides is 1. The molecule has 2 heterocycles. The molecule has 0 aromatic carbocycles. The first-order valence-corrected chi connectivity index (χ1v) is 4.64. The molecule has 4 nitrogen and oxygen atoms in total. The Bertz CT molecular complexity index is 378. The van der Waals surface area contributed by atoms with Gasteiger partial charge < -0.3 is 9.64 Å². The van der Waals surface area contributed by atoms with Crippen LogP contribution < -0.4 is 4.74 Å². The van der Waals surface area contributed by atoms with E-state index in [1.807, 2.05) is 0 Å². The average Bonchev–Trinajstić information content (AvgIpc) is 2.18. The molecule has 0 bridgehead atoms. The van der Waals surface area contributed by atoms with Gasteiger partial charge in [0.1, 0.15) is 5.75 Å². The van der Waals surface area contributed by atoms with Crippen molar-refractivity contribution in [2.75, 3.05) is 20.2 Å². The fourth-order valence-electron chi connectivity index (χ4n) is 1.76. The molecule has 0 N–H and O–H groups in total. The maximum Gasteiger partial charge on any atom is 0.220 e. The molecule has 1 saturated heterocycles. The monoisotopic (exact) mass is 210 g/mol. The zero-order valence-electron chi connectivity index (χ0n) is 8.31. The summed E-state index contributed by atoms with van der Waals surface area (Å²) >= 11 is 0. The lowest BCUT2D eigenvalue weighted by Crippen LogP contribution is -2.44. The second kappa shape index (κ2) is 3.84. The third-order valence-electron chi connectivity index (χ3n) is 2.59. The van der Waals surface area contributed by atoms with Gasteiger partial charge >= 0.3 is 0 Å². The Balaban J connectivity index is 2.24. The van der Waals surface area contributed by atoms with Crippen LogP contribution >= 0.6 is 0 Å². The third kappa shape index (κ3) is 1.65. The molecular formula is C10H11FN2O2. The maximum absolute atomic E-state index is 13.4. The zero-order valence-corrected chi connectivity index (χ0v) is 8.31. The Labute approximate surface area is 86.7 Å². The van der Waals surface area contributed by atoms with Gasteiger partial charge in [0.2, 0.25) is 12.4 Å². The van der Waals surface area contributed by atoms with E-state index in [0.717, 1.165) is 6.41 Å². The molecule has 0 atom stereocenters. The van der Waals surface area contributed by atoms with Crippen LogP contribution in [-0.2, 0) is 4.79 Å². The van der Waals surface area contributed by atoms with E-state index in [1.54, 1.807) is 11.0 Å². The fraction of sp³-hybridized carbons (Fsp3) is 0.400. The smallest absolute Gasteiger partial charge is 0.220 e. The Morgan fingerprint density at radius 1 is 1.67 bits per heavy atom. The van der Waals surface area contributed by atoms with E-state index in [0.29, 0.717) is 24.4 Å². The lowest BCUT2D eigenvalue weighted by molar-refractivity contribution is -0.122. The summed E-state index contributed by atoms with van der Waals surface area (Å²) in [4.78, 5) is 15.6. The SMILES string of the molecule is COc1ccnc(F)c1C1CN(C=O)C1. The van der Waals surface area contributed by atoms with E-state index >= 15 is 0 Å². The minimum Gasteiger partial charge on any atom is -0.496 e. The first-order valence-electron chi connectivity index (χ1n) is 4.64. The highest BCUT2D eigenvalue weighted by Gasteiger charge is 2.32. The molecular weight excluding hydrogens is 199 g/mol. The third-order valence-corrected chi connectivity index (χ3v) is 2.59. The van der Waals surface area contributed by atoms with Crippen molar-refractivity contribution in [3.05, 3.63) is 23.8 Å².